The molecule has 0 fully saturated rings. The van der Waals surface area contributed by atoms with Gasteiger partial charge in [0.05, 0.1) is 38.6 Å². The molecule has 0 aliphatic heterocycles. The fraction of sp³-hybridized carbons (Fsp3) is 0.200. The third-order valence-corrected chi connectivity index (χ3v) is 5.04. The second-order valence-corrected chi connectivity index (χ2v) is 7.18. The number of hydrogen-bond acceptors (Lipinski definition) is 8. The number of fused-ring (bicyclic) bond motifs is 1. The maximum Gasteiger partial charge on any atom is 0.225 e. The second-order valence-electron chi connectivity index (χ2n) is 6.48. The minimum Gasteiger partial charge on any atom is -0.493 e. The number of halogens is 2. The van der Waals surface area contributed by atoms with E-state index in [0.29, 0.717) is 39.9 Å². The minimum absolute atomic E-state index is 0.0338. The highest BCUT2D eigenvalue weighted by Crippen LogP contribution is 2.39. The van der Waals surface area contributed by atoms with Gasteiger partial charge in [-0.25, -0.2) is 15.0 Å². The summed E-state index contributed by atoms with van der Waals surface area (Å²) < 4.78 is 18.0. The molecule has 0 amide bonds. The molecule has 0 atom stereocenters. The lowest BCUT2D eigenvalue weighted by Crippen LogP contribution is -2.00. The summed E-state index contributed by atoms with van der Waals surface area (Å²) in [5.41, 5.74) is 2.02. The summed E-state index contributed by atoms with van der Waals surface area (Å²) in [6.07, 6.45) is 3.47. The van der Waals surface area contributed by atoms with E-state index in [1.54, 1.807) is 27.7 Å². The summed E-state index contributed by atoms with van der Waals surface area (Å²) in [5, 5.41) is 4.11. The van der Waals surface area contributed by atoms with Crippen LogP contribution in [0.2, 0.25) is 10.4 Å². The average molecular weight is 461 g/mol. The Morgan fingerprint density at radius 1 is 0.935 bits per heavy atom. The molecule has 3 heterocycles. The zero-order chi connectivity index (χ0) is 22.1. The van der Waals surface area contributed by atoms with Crippen LogP contribution in [0.1, 0.15) is 5.56 Å². The third-order valence-electron chi connectivity index (χ3n) is 4.58. The molecule has 0 aliphatic rings. The first-order valence-electron chi connectivity index (χ1n) is 9.05. The van der Waals surface area contributed by atoms with Crippen LogP contribution in [0, 0.1) is 6.92 Å². The molecule has 4 rings (SSSR count). The molecular weight excluding hydrogens is 443 g/mol. The normalized spacial score (nSPS) is 10.9. The number of benzene rings is 1. The van der Waals surface area contributed by atoms with Crippen LogP contribution in [0.5, 0.6) is 17.2 Å². The van der Waals surface area contributed by atoms with E-state index < -0.39 is 0 Å². The van der Waals surface area contributed by atoms with E-state index in [-0.39, 0.29) is 10.4 Å². The van der Waals surface area contributed by atoms with Crippen molar-refractivity contribution in [3.8, 4) is 22.9 Å². The molecule has 31 heavy (non-hydrogen) atoms. The molecule has 0 spiro atoms. The number of aryl methyl sites for hydroxylation is 1. The highest BCUT2D eigenvalue weighted by atomic mass is 35.5. The quantitative estimate of drug-likeness (QED) is 0.329. The maximum atomic E-state index is 6.15. The first-order valence-corrected chi connectivity index (χ1v) is 9.81. The first-order chi connectivity index (χ1) is 14.9. The second kappa shape index (κ2) is 8.44. The molecule has 11 heteroatoms. The Hall–Kier alpha value is -3.30. The summed E-state index contributed by atoms with van der Waals surface area (Å²) in [5.74, 6) is 2.76. The molecule has 4 aromatic rings. The molecule has 160 valence electrons. The van der Waals surface area contributed by atoms with Gasteiger partial charge >= 0.3 is 0 Å². The van der Waals surface area contributed by atoms with E-state index in [1.165, 1.54) is 0 Å². The van der Waals surface area contributed by atoms with Crippen molar-refractivity contribution < 1.29 is 14.2 Å². The van der Waals surface area contributed by atoms with E-state index in [9.17, 15) is 0 Å². The Balaban J connectivity index is 1.68. The number of pyridine rings is 1. The number of hydrogen-bond donors (Lipinski definition) is 1. The standard InChI is InChI=1S/C20H18Cl2N6O3/c1-10-5-12-17(21)25-20(22)27-19(12)26-18(10)24-15-8-28(9-23-15)11-6-13(29-2)16(31-4)14(7-11)30-3/h5-9H,1-4H3,(H,24,25,26,27). The van der Waals surface area contributed by atoms with Gasteiger partial charge in [-0.3, -0.25) is 0 Å². The Labute approximate surface area is 187 Å². The van der Waals surface area contributed by atoms with Crippen molar-refractivity contribution in [1.29, 1.82) is 0 Å². The molecule has 0 unspecified atom stereocenters. The third kappa shape index (κ3) is 4.01. The summed E-state index contributed by atoms with van der Waals surface area (Å²) >= 11 is 12.1. The lowest BCUT2D eigenvalue weighted by atomic mass is 10.2. The van der Waals surface area contributed by atoms with Gasteiger partial charge in [0.25, 0.3) is 0 Å². The van der Waals surface area contributed by atoms with E-state index in [1.807, 2.05) is 35.9 Å². The molecule has 9 nitrogen and oxygen atoms in total. The van der Waals surface area contributed by atoms with Crippen molar-refractivity contribution in [3.63, 3.8) is 0 Å². The Kier molecular flexibility index (Phi) is 5.71. The molecule has 1 aromatic carbocycles. The molecule has 0 saturated heterocycles. The van der Waals surface area contributed by atoms with Crippen LogP contribution in [0.3, 0.4) is 0 Å². The van der Waals surface area contributed by atoms with Crippen molar-refractivity contribution in [2.75, 3.05) is 26.6 Å². The zero-order valence-corrected chi connectivity index (χ0v) is 18.6. The van der Waals surface area contributed by atoms with E-state index >= 15 is 0 Å². The molecular formula is C20H18Cl2N6O3. The molecule has 0 bridgehead atoms. The van der Waals surface area contributed by atoms with Gasteiger partial charge in [-0.05, 0) is 30.2 Å². The lowest BCUT2D eigenvalue weighted by molar-refractivity contribution is 0.324. The largest absolute Gasteiger partial charge is 0.493 e. The Bertz CT molecular complexity index is 1250. The van der Waals surface area contributed by atoms with Crippen LogP contribution >= 0.6 is 23.2 Å². The Morgan fingerprint density at radius 3 is 2.29 bits per heavy atom. The molecule has 3 aromatic heterocycles. The monoisotopic (exact) mass is 460 g/mol. The van der Waals surface area contributed by atoms with Crippen LogP contribution in [-0.2, 0) is 0 Å². The van der Waals surface area contributed by atoms with Gasteiger partial charge in [0.2, 0.25) is 11.0 Å². The number of anilines is 2. The number of nitrogens with one attached hydrogen (secondary N) is 1. The van der Waals surface area contributed by atoms with Crippen molar-refractivity contribution in [1.82, 2.24) is 24.5 Å². The van der Waals surface area contributed by atoms with Gasteiger partial charge < -0.3 is 24.1 Å². The van der Waals surface area contributed by atoms with Gasteiger partial charge in [-0.2, -0.15) is 4.98 Å². The maximum absolute atomic E-state index is 6.15. The van der Waals surface area contributed by atoms with Crippen LogP contribution in [0.25, 0.3) is 16.7 Å². The average Bonchev–Trinajstić information content (AvgIpc) is 3.22. The highest BCUT2D eigenvalue weighted by Gasteiger charge is 2.15. The van der Waals surface area contributed by atoms with Crippen molar-refractivity contribution in [3.05, 3.63) is 46.7 Å². The summed E-state index contributed by atoms with van der Waals surface area (Å²) in [6, 6.07) is 5.50. The topological polar surface area (TPSA) is 96.2 Å². The number of imidazole rings is 1. The van der Waals surface area contributed by atoms with Gasteiger partial charge in [0.1, 0.15) is 23.1 Å². The molecule has 0 aliphatic carbocycles. The number of methoxy groups -OCH3 is 3. The van der Waals surface area contributed by atoms with Gasteiger partial charge in [0.15, 0.2) is 17.1 Å². The summed E-state index contributed by atoms with van der Waals surface area (Å²) in [7, 11) is 4.69. The highest BCUT2D eigenvalue weighted by molar-refractivity contribution is 6.35. The first kappa shape index (κ1) is 21.0. The number of rotatable bonds is 6. The van der Waals surface area contributed by atoms with E-state index in [4.69, 9.17) is 37.4 Å². The Morgan fingerprint density at radius 2 is 1.65 bits per heavy atom. The van der Waals surface area contributed by atoms with Crippen molar-refractivity contribution in [2.45, 2.75) is 6.92 Å². The number of nitrogens with zero attached hydrogens (tertiary/aromatic N) is 5. The van der Waals surface area contributed by atoms with Crippen LogP contribution in [0.4, 0.5) is 11.6 Å². The number of ether oxygens (including phenoxy) is 3. The van der Waals surface area contributed by atoms with Gasteiger partial charge in [-0.1, -0.05) is 11.6 Å². The van der Waals surface area contributed by atoms with Crippen molar-refractivity contribution >= 4 is 45.9 Å². The molecule has 1 N–H and O–H groups in total. The van der Waals surface area contributed by atoms with Gasteiger partial charge in [0, 0.05) is 12.1 Å². The smallest absolute Gasteiger partial charge is 0.225 e. The van der Waals surface area contributed by atoms with E-state index in [0.717, 1.165) is 11.3 Å². The molecule has 0 radical (unpaired) electrons. The number of aromatic nitrogens is 5. The SMILES string of the molecule is COc1cc(-n2cnc(Nc3nc4nc(Cl)nc(Cl)c4cc3C)c2)cc(OC)c1OC. The van der Waals surface area contributed by atoms with E-state index in [2.05, 4.69) is 25.3 Å². The predicted molar refractivity (Wildman–Crippen MR) is 119 cm³/mol. The van der Waals surface area contributed by atoms with Crippen LogP contribution in [0.15, 0.2) is 30.7 Å². The van der Waals surface area contributed by atoms with Crippen molar-refractivity contribution in [2.24, 2.45) is 0 Å². The fourth-order valence-corrected chi connectivity index (χ4v) is 3.51. The molecule has 0 saturated carbocycles. The van der Waals surface area contributed by atoms with Crippen LogP contribution < -0.4 is 19.5 Å². The predicted octanol–water partition coefficient (Wildman–Crippen LogP) is 4.60. The van der Waals surface area contributed by atoms with Crippen LogP contribution in [-0.4, -0.2) is 45.8 Å². The summed E-state index contributed by atoms with van der Waals surface area (Å²) in [6.45, 7) is 1.90. The fourth-order valence-electron chi connectivity index (χ4n) is 3.09. The summed E-state index contributed by atoms with van der Waals surface area (Å²) in [4.78, 5) is 17.0. The zero-order valence-electron chi connectivity index (χ0n) is 17.1. The lowest BCUT2D eigenvalue weighted by Gasteiger charge is -2.14. The van der Waals surface area contributed by atoms with Gasteiger partial charge in [-0.15, -0.1) is 0 Å². The minimum atomic E-state index is 0.0338.